The molecule has 0 N–H and O–H groups in total. The molecule has 0 bridgehead atoms. The van der Waals surface area contributed by atoms with E-state index in [-0.39, 0.29) is 13.3 Å². The maximum atomic E-state index is 13.1. The van der Waals surface area contributed by atoms with E-state index in [0.29, 0.717) is 6.42 Å². The number of unbranched alkanes of at least 4 members (excludes halogenated alkanes) is 1. The minimum absolute atomic E-state index is 0.0141. The van der Waals surface area contributed by atoms with Gasteiger partial charge < -0.3 is 4.74 Å². The lowest BCUT2D eigenvalue weighted by Crippen LogP contribution is -2.47. The number of rotatable bonds is 9. The van der Waals surface area contributed by atoms with Crippen LogP contribution >= 0.6 is 0 Å². The molecule has 0 aliphatic heterocycles. The lowest BCUT2D eigenvalue weighted by molar-refractivity contribution is -0.448. The van der Waals surface area contributed by atoms with Gasteiger partial charge in [0, 0.05) is 0 Å². The van der Waals surface area contributed by atoms with Crippen molar-refractivity contribution in [3.8, 4) is 0 Å². The van der Waals surface area contributed by atoms with Crippen molar-refractivity contribution in [2.24, 2.45) is 0 Å². The monoisotopic (exact) mass is 366 g/mol. The molecule has 0 aromatic carbocycles. The van der Waals surface area contributed by atoms with Gasteiger partial charge in [0.05, 0.1) is 6.61 Å². The Labute approximate surface area is 121 Å². The van der Waals surface area contributed by atoms with Gasteiger partial charge in [-0.2, -0.15) is 39.2 Å². The highest BCUT2D eigenvalue weighted by Crippen LogP contribution is 2.38. The second-order valence-electron chi connectivity index (χ2n) is 3.92. The van der Waals surface area contributed by atoms with E-state index in [4.69, 9.17) is 0 Å². The van der Waals surface area contributed by atoms with Crippen LogP contribution in [0.3, 0.4) is 0 Å². The van der Waals surface area contributed by atoms with Crippen LogP contribution in [0, 0.1) is 0 Å². The highest BCUT2D eigenvalue weighted by Gasteiger charge is 2.61. The molecule has 0 rings (SSSR count). The summed E-state index contributed by atoms with van der Waals surface area (Å²) >= 11 is 0. The molecule has 0 saturated carbocycles. The van der Waals surface area contributed by atoms with Gasteiger partial charge in [0.15, 0.2) is 6.29 Å². The summed E-state index contributed by atoms with van der Waals surface area (Å²) in [7, 11) is -6.28. The highest BCUT2D eigenvalue weighted by molar-refractivity contribution is 7.87. The van der Waals surface area contributed by atoms with Crippen LogP contribution in [-0.2, 0) is 23.8 Å². The van der Waals surface area contributed by atoms with E-state index in [1.165, 1.54) is 0 Å². The fourth-order valence-electron chi connectivity index (χ4n) is 0.958. The smallest absolute Gasteiger partial charge is 0.313 e. The summed E-state index contributed by atoms with van der Waals surface area (Å²) in [5.74, 6) is 0. The van der Waals surface area contributed by atoms with E-state index in [0.717, 1.165) is 0 Å². The van der Waals surface area contributed by atoms with E-state index < -0.39 is 40.7 Å². The van der Waals surface area contributed by atoms with Gasteiger partial charge in [-0.15, -0.1) is 0 Å². The van der Waals surface area contributed by atoms with Crippen LogP contribution in [0.4, 0.5) is 30.7 Å². The summed E-state index contributed by atoms with van der Waals surface area (Å²) in [6, 6.07) is 0. The van der Waals surface area contributed by atoms with Gasteiger partial charge in [-0.3, -0.25) is 4.74 Å². The molecular formula is C9H13F7O5S. The van der Waals surface area contributed by atoms with E-state index in [9.17, 15) is 39.2 Å². The summed E-state index contributed by atoms with van der Waals surface area (Å²) in [6.45, 7) is 1.08. The maximum Gasteiger partial charge on any atom is 0.523 e. The molecule has 0 fully saturated rings. The number of halogens is 7. The normalized spacial score (nSPS) is 15.9. The lowest BCUT2D eigenvalue weighted by Gasteiger charge is -2.27. The van der Waals surface area contributed by atoms with Crippen LogP contribution < -0.4 is 0 Å². The molecule has 1 unspecified atom stereocenters. The Bertz CT molecular complexity index is 448. The number of ether oxygens (including phenoxy) is 2. The molecule has 0 saturated heterocycles. The molecule has 134 valence electrons. The molecule has 0 radical (unpaired) electrons. The molecular weight excluding hydrogens is 353 g/mol. The average Bonchev–Trinajstić information content (AvgIpc) is 2.25. The van der Waals surface area contributed by atoms with E-state index >= 15 is 0 Å². The minimum atomic E-state index is -6.28. The van der Waals surface area contributed by atoms with Gasteiger partial charge in [-0.05, 0) is 13.3 Å². The first-order valence-corrected chi connectivity index (χ1v) is 7.14. The summed E-state index contributed by atoms with van der Waals surface area (Å²) in [5.41, 5.74) is -5.92. The summed E-state index contributed by atoms with van der Waals surface area (Å²) < 4.78 is 119. The van der Waals surface area contributed by atoms with Crippen molar-refractivity contribution >= 4 is 10.1 Å². The van der Waals surface area contributed by atoms with Crippen molar-refractivity contribution in [2.75, 3.05) is 6.61 Å². The third-order valence-corrected chi connectivity index (χ3v) is 3.07. The van der Waals surface area contributed by atoms with Crippen molar-refractivity contribution in [3.63, 3.8) is 0 Å². The van der Waals surface area contributed by atoms with Crippen molar-refractivity contribution < 1.29 is 52.8 Å². The molecule has 0 spiro atoms. The predicted molar refractivity (Wildman–Crippen MR) is 57.4 cm³/mol. The molecule has 0 heterocycles. The van der Waals surface area contributed by atoms with Gasteiger partial charge >= 0.3 is 27.8 Å². The fraction of sp³-hybridized carbons (Fsp3) is 1.00. The summed E-state index contributed by atoms with van der Waals surface area (Å²) in [5, 5.41) is 0. The Morgan fingerprint density at radius 1 is 1.00 bits per heavy atom. The largest absolute Gasteiger partial charge is 0.523 e. The molecule has 13 heteroatoms. The molecule has 0 aromatic heterocycles. The van der Waals surface area contributed by atoms with Gasteiger partial charge in [0.25, 0.3) is 0 Å². The summed E-state index contributed by atoms with van der Waals surface area (Å²) in [6.07, 6.45) is -13.0. The topological polar surface area (TPSA) is 61.8 Å². The van der Waals surface area contributed by atoms with Crippen LogP contribution in [-0.4, -0.2) is 39.0 Å². The number of hydrogen-bond donors (Lipinski definition) is 0. The van der Waals surface area contributed by atoms with Crippen LogP contribution in [0.25, 0.3) is 0 Å². The maximum absolute atomic E-state index is 13.1. The zero-order chi connectivity index (χ0) is 17.8. The SMILES string of the molecule is CCCCOC(F)(F)C(F)(F)OC(C)OS(=O)(=O)C(F)(F)F. The number of alkyl halides is 7. The first-order valence-electron chi connectivity index (χ1n) is 5.73. The van der Waals surface area contributed by atoms with E-state index in [1.807, 2.05) is 0 Å². The molecule has 1 atom stereocenters. The fourth-order valence-corrected chi connectivity index (χ4v) is 1.46. The molecule has 0 aliphatic rings. The van der Waals surface area contributed by atoms with Gasteiger partial charge in [-0.25, -0.2) is 4.18 Å². The van der Waals surface area contributed by atoms with Crippen LogP contribution in [0.1, 0.15) is 26.7 Å². The van der Waals surface area contributed by atoms with Crippen molar-refractivity contribution in [3.05, 3.63) is 0 Å². The first-order chi connectivity index (χ1) is 9.66. The third kappa shape index (κ3) is 5.85. The van der Waals surface area contributed by atoms with Gasteiger partial charge in [0.2, 0.25) is 0 Å². The average molecular weight is 366 g/mol. The zero-order valence-electron chi connectivity index (χ0n) is 11.3. The van der Waals surface area contributed by atoms with Crippen molar-refractivity contribution in [2.45, 2.75) is 50.7 Å². The second-order valence-corrected chi connectivity index (χ2v) is 5.48. The Hall–Kier alpha value is -0.660. The Morgan fingerprint density at radius 3 is 1.91 bits per heavy atom. The second kappa shape index (κ2) is 7.27. The van der Waals surface area contributed by atoms with Crippen molar-refractivity contribution in [1.29, 1.82) is 0 Å². The molecule has 0 amide bonds. The Kier molecular flexibility index (Phi) is 7.06. The standard InChI is InChI=1S/C9H13F7O5S/c1-3-4-5-19-7(10,11)8(12,13)20-6(2)21-22(17,18)9(14,15)16/h6H,3-5H2,1-2H3. The summed E-state index contributed by atoms with van der Waals surface area (Å²) in [4.78, 5) is 0. The van der Waals surface area contributed by atoms with E-state index in [2.05, 4.69) is 13.7 Å². The molecule has 0 aliphatic carbocycles. The molecule has 5 nitrogen and oxygen atoms in total. The Balaban J connectivity index is 4.83. The lowest BCUT2D eigenvalue weighted by atomic mass is 10.4. The van der Waals surface area contributed by atoms with Gasteiger partial charge in [0.1, 0.15) is 0 Å². The van der Waals surface area contributed by atoms with Crippen LogP contribution in [0.5, 0.6) is 0 Å². The molecule has 0 aromatic rings. The van der Waals surface area contributed by atoms with E-state index in [1.54, 1.807) is 6.92 Å². The van der Waals surface area contributed by atoms with Crippen LogP contribution in [0.15, 0.2) is 0 Å². The minimum Gasteiger partial charge on any atom is -0.313 e. The quantitative estimate of drug-likeness (QED) is 0.206. The number of hydrogen-bond acceptors (Lipinski definition) is 5. The van der Waals surface area contributed by atoms with Crippen LogP contribution in [0.2, 0.25) is 0 Å². The molecule has 22 heavy (non-hydrogen) atoms. The van der Waals surface area contributed by atoms with Crippen molar-refractivity contribution in [1.82, 2.24) is 0 Å². The zero-order valence-corrected chi connectivity index (χ0v) is 12.1. The predicted octanol–water partition coefficient (Wildman–Crippen LogP) is 3.22. The highest BCUT2D eigenvalue weighted by atomic mass is 32.2. The first kappa shape index (κ1) is 21.3. The van der Waals surface area contributed by atoms with Gasteiger partial charge in [-0.1, -0.05) is 13.3 Å². The Morgan fingerprint density at radius 2 is 1.50 bits per heavy atom. The third-order valence-electron chi connectivity index (χ3n) is 1.98.